The number of hydrogen-bond acceptors (Lipinski definition) is 1. The van der Waals surface area contributed by atoms with E-state index in [2.05, 4.69) is 22.1 Å². The number of aromatic amines is 1. The summed E-state index contributed by atoms with van der Waals surface area (Å²) >= 11 is 6.24. The minimum absolute atomic E-state index is 0.726. The predicted molar refractivity (Wildman–Crippen MR) is 78.3 cm³/mol. The molecule has 0 aliphatic heterocycles. The maximum atomic E-state index is 6.24. The molecule has 2 nitrogen and oxygen atoms in total. The van der Waals surface area contributed by atoms with E-state index in [9.17, 15) is 0 Å². The van der Waals surface area contributed by atoms with Crippen LogP contribution in [0, 0.1) is 0 Å². The van der Waals surface area contributed by atoms with Crippen LogP contribution in [0.25, 0.3) is 11.3 Å². The molecule has 1 heterocycles. The second kappa shape index (κ2) is 5.29. The zero-order valence-electron chi connectivity index (χ0n) is 10.3. The smallest absolute Gasteiger partial charge is 0.0930 e. The number of rotatable bonds is 3. The minimum Gasteiger partial charge on any atom is -0.348 e. The molecule has 0 bridgehead atoms. The molecule has 0 spiro atoms. The Morgan fingerprint density at radius 1 is 0.947 bits per heavy atom. The molecule has 0 fully saturated rings. The molecule has 3 aromatic rings. The lowest BCUT2D eigenvalue weighted by atomic mass is 10.0. The van der Waals surface area contributed by atoms with E-state index < -0.39 is 0 Å². The van der Waals surface area contributed by atoms with Crippen LogP contribution in [-0.2, 0) is 6.42 Å². The van der Waals surface area contributed by atoms with Crippen LogP contribution in [0.1, 0.15) is 11.3 Å². The highest BCUT2D eigenvalue weighted by molar-refractivity contribution is 6.33. The number of imidazole rings is 1. The lowest BCUT2D eigenvalue weighted by molar-refractivity contribution is 1.11. The fourth-order valence-electron chi connectivity index (χ4n) is 2.14. The van der Waals surface area contributed by atoms with E-state index in [4.69, 9.17) is 11.6 Å². The maximum Gasteiger partial charge on any atom is 0.0930 e. The van der Waals surface area contributed by atoms with E-state index in [1.807, 2.05) is 42.5 Å². The maximum absolute atomic E-state index is 6.24. The van der Waals surface area contributed by atoms with Crippen molar-refractivity contribution >= 4 is 11.6 Å². The van der Waals surface area contributed by atoms with Crippen LogP contribution in [0.2, 0.25) is 5.02 Å². The first kappa shape index (κ1) is 12.0. The van der Waals surface area contributed by atoms with Gasteiger partial charge in [-0.2, -0.15) is 0 Å². The van der Waals surface area contributed by atoms with Crippen LogP contribution in [-0.4, -0.2) is 9.97 Å². The Morgan fingerprint density at radius 2 is 1.68 bits per heavy atom. The summed E-state index contributed by atoms with van der Waals surface area (Å²) in [6.07, 6.45) is 2.54. The van der Waals surface area contributed by atoms with Gasteiger partial charge in [0.05, 0.1) is 17.0 Å². The van der Waals surface area contributed by atoms with Gasteiger partial charge in [0, 0.05) is 17.7 Å². The van der Waals surface area contributed by atoms with E-state index in [1.165, 1.54) is 5.56 Å². The van der Waals surface area contributed by atoms with E-state index in [0.717, 1.165) is 28.4 Å². The average Bonchev–Trinajstić information content (AvgIpc) is 2.88. The molecule has 0 saturated carbocycles. The van der Waals surface area contributed by atoms with Crippen molar-refractivity contribution in [3.05, 3.63) is 77.2 Å². The second-order valence-corrected chi connectivity index (χ2v) is 4.78. The van der Waals surface area contributed by atoms with E-state index in [0.29, 0.717) is 0 Å². The monoisotopic (exact) mass is 268 g/mol. The number of benzene rings is 2. The Labute approximate surface area is 117 Å². The van der Waals surface area contributed by atoms with Crippen molar-refractivity contribution in [3.63, 3.8) is 0 Å². The van der Waals surface area contributed by atoms with E-state index in [1.54, 1.807) is 6.33 Å². The summed E-state index contributed by atoms with van der Waals surface area (Å²) in [6.45, 7) is 0. The number of halogens is 1. The van der Waals surface area contributed by atoms with Crippen LogP contribution < -0.4 is 0 Å². The number of hydrogen-bond donors (Lipinski definition) is 1. The van der Waals surface area contributed by atoms with Gasteiger partial charge >= 0.3 is 0 Å². The van der Waals surface area contributed by atoms with Crippen molar-refractivity contribution in [2.75, 3.05) is 0 Å². The summed E-state index contributed by atoms with van der Waals surface area (Å²) in [7, 11) is 0. The Morgan fingerprint density at radius 3 is 2.47 bits per heavy atom. The molecule has 0 amide bonds. The number of aromatic nitrogens is 2. The number of nitrogens with one attached hydrogen (secondary N) is 1. The molecule has 0 saturated heterocycles. The van der Waals surface area contributed by atoms with Crippen molar-refractivity contribution in [3.8, 4) is 11.3 Å². The molecular weight excluding hydrogens is 256 g/mol. The molecule has 0 unspecified atom stereocenters. The van der Waals surface area contributed by atoms with Crippen LogP contribution >= 0.6 is 11.6 Å². The fourth-order valence-corrected chi connectivity index (χ4v) is 2.37. The summed E-state index contributed by atoms with van der Waals surface area (Å²) < 4.78 is 0. The Kier molecular flexibility index (Phi) is 3.34. The van der Waals surface area contributed by atoms with Crippen molar-refractivity contribution in [1.29, 1.82) is 0 Å². The number of nitrogens with zero attached hydrogens (tertiary/aromatic N) is 1. The SMILES string of the molecule is Clc1ccccc1-c1nc[nH]c1Cc1ccccc1. The number of H-pyrrole nitrogens is 1. The molecule has 0 aliphatic rings. The van der Waals surface area contributed by atoms with Crippen molar-refractivity contribution in [1.82, 2.24) is 9.97 Å². The highest BCUT2D eigenvalue weighted by Crippen LogP contribution is 2.28. The van der Waals surface area contributed by atoms with Crippen LogP contribution in [0.4, 0.5) is 0 Å². The van der Waals surface area contributed by atoms with Gasteiger partial charge in [0.2, 0.25) is 0 Å². The second-order valence-electron chi connectivity index (χ2n) is 4.37. The Balaban J connectivity index is 1.98. The molecule has 3 rings (SSSR count). The topological polar surface area (TPSA) is 28.7 Å². The normalized spacial score (nSPS) is 10.6. The van der Waals surface area contributed by atoms with Gasteiger partial charge in [0.15, 0.2) is 0 Å². The highest BCUT2D eigenvalue weighted by atomic mass is 35.5. The lowest BCUT2D eigenvalue weighted by Gasteiger charge is -2.05. The highest BCUT2D eigenvalue weighted by Gasteiger charge is 2.11. The minimum atomic E-state index is 0.726. The third-order valence-corrected chi connectivity index (χ3v) is 3.40. The van der Waals surface area contributed by atoms with Gasteiger partial charge in [-0.3, -0.25) is 0 Å². The van der Waals surface area contributed by atoms with E-state index in [-0.39, 0.29) is 0 Å². The predicted octanol–water partition coefficient (Wildman–Crippen LogP) is 4.32. The van der Waals surface area contributed by atoms with Crippen LogP contribution in [0.15, 0.2) is 60.9 Å². The van der Waals surface area contributed by atoms with Gasteiger partial charge < -0.3 is 4.98 Å². The zero-order chi connectivity index (χ0) is 13.1. The fraction of sp³-hybridized carbons (Fsp3) is 0.0625. The van der Waals surface area contributed by atoms with Crippen molar-refractivity contribution in [2.24, 2.45) is 0 Å². The molecule has 1 N–H and O–H groups in total. The van der Waals surface area contributed by atoms with E-state index >= 15 is 0 Å². The molecule has 19 heavy (non-hydrogen) atoms. The van der Waals surface area contributed by atoms with Crippen LogP contribution in [0.3, 0.4) is 0 Å². The quantitative estimate of drug-likeness (QED) is 0.753. The van der Waals surface area contributed by atoms with Gasteiger partial charge in [-0.05, 0) is 11.6 Å². The summed E-state index contributed by atoms with van der Waals surface area (Å²) in [5.41, 5.74) is 4.23. The van der Waals surface area contributed by atoms with Crippen LogP contribution in [0.5, 0.6) is 0 Å². The molecular formula is C16H13ClN2. The molecule has 2 aromatic carbocycles. The van der Waals surface area contributed by atoms with Gasteiger partial charge in [0.25, 0.3) is 0 Å². The zero-order valence-corrected chi connectivity index (χ0v) is 11.1. The molecule has 94 valence electrons. The third kappa shape index (κ3) is 2.54. The lowest BCUT2D eigenvalue weighted by Crippen LogP contribution is -1.92. The molecule has 0 atom stereocenters. The van der Waals surface area contributed by atoms with Gasteiger partial charge in [0.1, 0.15) is 0 Å². The Hall–Kier alpha value is -2.06. The standard InChI is InChI=1S/C16H13ClN2/c17-14-9-5-4-8-13(14)16-15(18-11-19-16)10-12-6-2-1-3-7-12/h1-9,11H,10H2,(H,18,19). The summed E-state index contributed by atoms with van der Waals surface area (Å²) in [6, 6.07) is 18.1. The molecule has 0 radical (unpaired) electrons. The van der Waals surface area contributed by atoms with Gasteiger partial charge in [-0.15, -0.1) is 0 Å². The van der Waals surface area contributed by atoms with Gasteiger partial charge in [-0.1, -0.05) is 60.1 Å². The molecule has 0 aliphatic carbocycles. The van der Waals surface area contributed by atoms with Crippen molar-refractivity contribution < 1.29 is 0 Å². The first-order valence-corrected chi connectivity index (χ1v) is 6.53. The summed E-state index contributed by atoms with van der Waals surface area (Å²) in [5, 5.41) is 0.726. The summed E-state index contributed by atoms with van der Waals surface area (Å²) in [5.74, 6) is 0. The van der Waals surface area contributed by atoms with Crippen molar-refractivity contribution in [2.45, 2.75) is 6.42 Å². The first-order valence-electron chi connectivity index (χ1n) is 6.15. The average molecular weight is 269 g/mol. The Bertz CT molecular complexity index is 674. The third-order valence-electron chi connectivity index (χ3n) is 3.07. The molecule has 3 heteroatoms. The molecule has 1 aromatic heterocycles. The first-order chi connectivity index (χ1) is 9.34. The summed E-state index contributed by atoms with van der Waals surface area (Å²) in [4.78, 5) is 7.61. The van der Waals surface area contributed by atoms with Gasteiger partial charge in [-0.25, -0.2) is 4.98 Å². The largest absolute Gasteiger partial charge is 0.348 e.